The van der Waals surface area contributed by atoms with Crippen molar-refractivity contribution in [2.75, 3.05) is 43.9 Å². The summed E-state index contributed by atoms with van der Waals surface area (Å²) < 4.78 is 19.2. The third-order valence-electron chi connectivity index (χ3n) is 7.61. The zero-order valence-corrected chi connectivity index (χ0v) is 21.8. The minimum atomic E-state index is -0.470. The Hall–Kier alpha value is -2.94. The summed E-state index contributed by atoms with van der Waals surface area (Å²) in [6, 6.07) is 8.28. The lowest BCUT2D eigenvalue weighted by molar-refractivity contribution is 0.0668. The molecule has 0 amide bonds. The van der Waals surface area contributed by atoms with Crippen molar-refractivity contribution in [2.24, 2.45) is 5.41 Å². The van der Waals surface area contributed by atoms with Crippen molar-refractivity contribution in [3.05, 3.63) is 59.7 Å². The molecule has 2 aliphatic rings. The van der Waals surface area contributed by atoms with E-state index in [9.17, 15) is 9.50 Å². The van der Waals surface area contributed by atoms with Crippen LogP contribution in [0.15, 0.2) is 48.8 Å². The maximum atomic E-state index is 13.6. The number of aromatic nitrogens is 2. The van der Waals surface area contributed by atoms with Gasteiger partial charge in [0.25, 0.3) is 0 Å². The highest BCUT2D eigenvalue weighted by Crippen LogP contribution is 2.43. The fourth-order valence-electron chi connectivity index (χ4n) is 5.48. The molecule has 1 aliphatic heterocycles. The van der Waals surface area contributed by atoms with E-state index < -0.39 is 5.82 Å². The van der Waals surface area contributed by atoms with Crippen LogP contribution in [0.5, 0.6) is 5.75 Å². The third kappa shape index (κ3) is 5.98. The second kappa shape index (κ2) is 11.2. The van der Waals surface area contributed by atoms with Crippen LogP contribution in [0, 0.1) is 11.2 Å². The van der Waals surface area contributed by atoms with Gasteiger partial charge in [-0.05, 0) is 68.3 Å². The van der Waals surface area contributed by atoms with Gasteiger partial charge < -0.3 is 20.5 Å². The number of benzene rings is 2. The van der Waals surface area contributed by atoms with Crippen LogP contribution in [0.25, 0.3) is 10.9 Å². The van der Waals surface area contributed by atoms with Crippen molar-refractivity contribution in [1.29, 1.82) is 0 Å². The number of hydrogen-bond donors (Lipinski definition) is 3. The number of hydrogen-bond acceptors (Lipinski definition) is 7. The monoisotopic (exact) mass is 525 g/mol. The Kier molecular flexibility index (Phi) is 7.79. The molecule has 7 nitrogen and oxygen atoms in total. The fraction of sp³-hybridized carbons (Fsp3) is 0.429. The van der Waals surface area contributed by atoms with Crippen LogP contribution in [0.1, 0.15) is 32.1 Å². The highest BCUT2D eigenvalue weighted by molar-refractivity contribution is 6.31. The molecular formula is C28H33ClFN5O2. The Morgan fingerprint density at radius 1 is 1.19 bits per heavy atom. The number of aliphatic hydroxyl groups is 1. The largest absolute Gasteiger partial charge is 0.495 e. The van der Waals surface area contributed by atoms with Gasteiger partial charge in [0.05, 0.1) is 29.4 Å². The number of aliphatic hydroxyl groups excluding tert-OH is 1. The maximum absolute atomic E-state index is 13.6. The average Bonchev–Trinajstić information content (AvgIpc) is 3.30. The van der Waals surface area contributed by atoms with Gasteiger partial charge in [-0.15, -0.1) is 0 Å². The van der Waals surface area contributed by atoms with E-state index >= 15 is 0 Å². The molecule has 0 radical (unpaired) electrons. The summed E-state index contributed by atoms with van der Waals surface area (Å²) >= 11 is 5.94. The van der Waals surface area contributed by atoms with Gasteiger partial charge in [-0.1, -0.05) is 23.8 Å². The molecule has 1 saturated carbocycles. The van der Waals surface area contributed by atoms with Crippen LogP contribution in [0.4, 0.5) is 21.6 Å². The van der Waals surface area contributed by atoms with E-state index in [1.54, 1.807) is 13.2 Å². The second-order valence-electron chi connectivity index (χ2n) is 10.1. The smallest absolute Gasteiger partial charge is 0.144 e. The standard InChI is InChI=1S/C28H33ClFN5O2/c1-37-26-16-24-21(27(33-18-32-24)34-19-4-5-23(30)22(29)14-19)15-25(26)31-11-2-3-12-35-13-10-28(17-35)8-6-20(36)7-9-28/h2-5,14-16,18,20,31,36H,6-13,17H2,1H3,(H,32,33,34)/b3-2+. The molecule has 2 heterocycles. The minimum absolute atomic E-state index is 0.0424. The molecule has 3 N–H and O–H groups in total. The first-order valence-electron chi connectivity index (χ1n) is 12.8. The Balaban J connectivity index is 1.23. The van der Waals surface area contributed by atoms with E-state index in [0.29, 0.717) is 29.2 Å². The molecule has 0 bridgehead atoms. The van der Waals surface area contributed by atoms with Gasteiger partial charge in [-0.3, -0.25) is 4.90 Å². The number of nitrogens with one attached hydrogen (secondary N) is 2. The lowest BCUT2D eigenvalue weighted by Crippen LogP contribution is -2.33. The molecule has 0 atom stereocenters. The Labute approximate surface area is 221 Å². The second-order valence-corrected chi connectivity index (χ2v) is 10.5. The van der Waals surface area contributed by atoms with E-state index in [1.807, 2.05) is 12.1 Å². The fourth-order valence-corrected chi connectivity index (χ4v) is 5.66. The number of ether oxygens (including phenoxy) is 1. The molecule has 3 aromatic rings. The molecule has 1 aliphatic carbocycles. The summed E-state index contributed by atoms with van der Waals surface area (Å²) in [5, 5.41) is 17.3. The molecule has 9 heteroatoms. The number of methoxy groups -OCH3 is 1. The summed E-state index contributed by atoms with van der Waals surface area (Å²) in [6.45, 7) is 3.84. The Morgan fingerprint density at radius 2 is 2.03 bits per heavy atom. The van der Waals surface area contributed by atoms with Gasteiger partial charge in [0.1, 0.15) is 23.7 Å². The van der Waals surface area contributed by atoms with Crippen molar-refractivity contribution in [1.82, 2.24) is 14.9 Å². The van der Waals surface area contributed by atoms with Crippen LogP contribution >= 0.6 is 11.6 Å². The first-order valence-corrected chi connectivity index (χ1v) is 13.2. The summed E-state index contributed by atoms with van der Waals surface area (Å²) in [5.41, 5.74) is 2.60. The Bertz CT molecular complexity index is 1280. The van der Waals surface area contributed by atoms with Crippen LogP contribution in [0.2, 0.25) is 5.02 Å². The maximum Gasteiger partial charge on any atom is 0.144 e. The van der Waals surface area contributed by atoms with E-state index in [4.69, 9.17) is 16.3 Å². The lowest BCUT2D eigenvalue weighted by Gasteiger charge is -2.35. The van der Waals surface area contributed by atoms with Gasteiger partial charge in [-0.2, -0.15) is 0 Å². The van der Waals surface area contributed by atoms with Gasteiger partial charge in [-0.25, -0.2) is 14.4 Å². The molecule has 37 heavy (non-hydrogen) atoms. The van der Waals surface area contributed by atoms with Gasteiger partial charge >= 0.3 is 0 Å². The van der Waals surface area contributed by atoms with Gasteiger partial charge in [0.2, 0.25) is 0 Å². The average molecular weight is 526 g/mol. The normalized spacial score (nSPS) is 22.2. The number of nitrogens with zero attached hydrogens (tertiary/aromatic N) is 3. The molecule has 0 unspecified atom stereocenters. The summed E-state index contributed by atoms with van der Waals surface area (Å²) in [6.07, 6.45) is 11.1. The van der Waals surface area contributed by atoms with Crippen LogP contribution < -0.4 is 15.4 Å². The molecule has 1 aromatic heterocycles. The summed E-state index contributed by atoms with van der Waals surface area (Å²) in [7, 11) is 1.64. The minimum Gasteiger partial charge on any atom is -0.495 e. The topological polar surface area (TPSA) is 82.5 Å². The summed E-state index contributed by atoms with van der Waals surface area (Å²) in [4.78, 5) is 11.3. The zero-order chi connectivity index (χ0) is 25.8. The third-order valence-corrected chi connectivity index (χ3v) is 7.90. The molecule has 2 aromatic carbocycles. The number of anilines is 3. The van der Waals surface area contributed by atoms with E-state index in [1.165, 1.54) is 24.9 Å². The molecule has 2 fully saturated rings. The zero-order valence-electron chi connectivity index (χ0n) is 21.0. The van der Waals surface area contributed by atoms with E-state index in [0.717, 1.165) is 61.9 Å². The first kappa shape index (κ1) is 25.7. The predicted octanol–water partition coefficient (Wildman–Crippen LogP) is 5.77. The molecular weight excluding hydrogens is 493 g/mol. The van der Waals surface area contributed by atoms with Crippen molar-refractivity contribution >= 4 is 39.7 Å². The number of halogens is 2. The lowest BCUT2D eigenvalue weighted by atomic mass is 9.73. The SMILES string of the molecule is COc1cc2ncnc(Nc3ccc(F)c(Cl)c3)c2cc1NC/C=C/CN1CCC2(CCC(O)CC2)C1. The van der Waals surface area contributed by atoms with Crippen LogP contribution in [0.3, 0.4) is 0 Å². The van der Waals surface area contributed by atoms with Gasteiger partial charge in [0.15, 0.2) is 0 Å². The molecule has 1 saturated heterocycles. The van der Waals surface area contributed by atoms with Crippen molar-refractivity contribution < 1.29 is 14.2 Å². The molecule has 5 rings (SSSR count). The molecule has 196 valence electrons. The van der Waals surface area contributed by atoms with E-state index in [2.05, 4.69) is 37.7 Å². The highest BCUT2D eigenvalue weighted by Gasteiger charge is 2.40. The number of rotatable bonds is 8. The number of likely N-dealkylation sites (tertiary alicyclic amines) is 1. The number of fused-ring (bicyclic) bond motifs is 1. The van der Waals surface area contributed by atoms with Gasteiger partial charge in [0, 0.05) is 36.8 Å². The predicted molar refractivity (Wildman–Crippen MR) is 146 cm³/mol. The van der Waals surface area contributed by atoms with E-state index in [-0.39, 0.29) is 11.1 Å². The highest BCUT2D eigenvalue weighted by atomic mass is 35.5. The summed E-state index contributed by atoms with van der Waals surface area (Å²) in [5.74, 6) is 0.811. The van der Waals surface area contributed by atoms with Crippen LogP contribution in [-0.2, 0) is 0 Å². The Morgan fingerprint density at radius 3 is 2.81 bits per heavy atom. The molecule has 1 spiro atoms. The van der Waals surface area contributed by atoms with Crippen molar-refractivity contribution in [3.63, 3.8) is 0 Å². The van der Waals surface area contributed by atoms with Crippen LogP contribution in [-0.4, -0.2) is 59.4 Å². The van der Waals surface area contributed by atoms with Crippen molar-refractivity contribution in [3.8, 4) is 5.75 Å². The quantitative estimate of drug-likeness (QED) is 0.322. The first-order chi connectivity index (χ1) is 17.9. The van der Waals surface area contributed by atoms with Crippen molar-refractivity contribution in [2.45, 2.75) is 38.2 Å².